The smallest absolute Gasteiger partial charge is 0.335 e. The van der Waals surface area contributed by atoms with Crippen molar-refractivity contribution >= 4 is 5.97 Å². The number of aromatic carboxylic acids is 1. The molecule has 2 aromatic rings. The average Bonchev–Trinajstić information content (AvgIpc) is 3.16. The number of carbonyl (C=O) groups is 1. The minimum atomic E-state index is -0.912. The van der Waals surface area contributed by atoms with E-state index in [0.29, 0.717) is 12.1 Å². The lowest BCUT2D eigenvalue weighted by Gasteiger charge is -2.22. The molecule has 2 N–H and O–H groups in total. The molecule has 1 aliphatic heterocycles. The van der Waals surface area contributed by atoms with Crippen LogP contribution in [0.1, 0.15) is 34.2 Å². The highest BCUT2D eigenvalue weighted by Crippen LogP contribution is 2.32. The van der Waals surface area contributed by atoms with Gasteiger partial charge in [-0.3, -0.25) is 10.00 Å². The van der Waals surface area contributed by atoms with Crippen LogP contribution in [0.15, 0.2) is 30.6 Å². The first-order valence-corrected chi connectivity index (χ1v) is 7.11. The number of H-pyrrole nitrogens is 1. The molecule has 22 heavy (non-hydrogen) atoms. The number of methoxy groups -OCH3 is 1. The van der Waals surface area contributed by atoms with Gasteiger partial charge in [-0.1, -0.05) is 12.1 Å². The van der Waals surface area contributed by atoms with Crippen LogP contribution in [0.25, 0.3) is 0 Å². The van der Waals surface area contributed by atoms with Crippen LogP contribution < -0.4 is 0 Å². The zero-order chi connectivity index (χ0) is 15.5. The summed E-state index contributed by atoms with van der Waals surface area (Å²) in [5.41, 5.74) is 1.26. The summed E-state index contributed by atoms with van der Waals surface area (Å²) in [5.74, 6) is -0.0984. The van der Waals surface area contributed by atoms with Gasteiger partial charge in [-0.25, -0.2) is 9.78 Å². The van der Waals surface area contributed by atoms with Crippen LogP contribution >= 0.6 is 0 Å². The number of carboxylic acids is 1. The zero-order valence-electron chi connectivity index (χ0n) is 12.3. The molecular formula is C15H18N4O3. The molecule has 0 bridgehead atoms. The third-order valence-electron chi connectivity index (χ3n) is 4.01. The summed E-state index contributed by atoms with van der Waals surface area (Å²) in [6.07, 6.45) is 2.47. The van der Waals surface area contributed by atoms with Crippen LogP contribution in [0.3, 0.4) is 0 Å². The molecule has 1 aromatic heterocycles. The Morgan fingerprint density at radius 3 is 3.09 bits per heavy atom. The van der Waals surface area contributed by atoms with E-state index in [1.807, 2.05) is 6.07 Å². The van der Waals surface area contributed by atoms with Crippen molar-refractivity contribution in [1.82, 2.24) is 20.1 Å². The van der Waals surface area contributed by atoms with E-state index in [2.05, 4.69) is 20.1 Å². The van der Waals surface area contributed by atoms with Crippen molar-refractivity contribution in [3.63, 3.8) is 0 Å². The van der Waals surface area contributed by atoms with E-state index in [0.717, 1.165) is 24.4 Å². The number of aromatic amines is 1. The normalized spacial score (nSPS) is 22.0. The molecular weight excluding hydrogens is 284 g/mol. The van der Waals surface area contributed by atoms with E-state index < -0.39 is 5.97 Å². The van der Waals surface area contributed by atoms with E-state index in [1.54, 1.807) is 25.3 Å². The van der Waals surface area contributed by atoms with Crippen molar-refractivity contribution in [3.05, 3.63) is 47.5 Å². The highest BCUT2D eigenvalue weighted by atomic mass is 16.5. The summed E-state index contributed by atoms with van der Waals surface area (Å²) in [6.45, 7) is 1.42. The molecule has 116 valence electrons. The molecule has 3 rings (SSSR count). The fourth-order valence-electron chi connectivity index (χ4n) is 2.90. The Bertz CT molecular complexity index is 644. The number of hydrogen-bond acceptors (Lipinski definition) is 5. The van der Waals surface area contributed by atoms with Gasteiger partial charge < -0.3 is 9.84 Å². The van der Waals surface area contributed by atoms with Gasteiger partial charge in [-0.15, -0.1) is 0 Å². The molecule has 1 aromatic carbocycles. The number of likely N-dealkylation sites (tertiary alicyclic amines) is 1. The lowest BCUT2D eigenvalue weighted by molar-refractivity contribution is 0.0696. The highest BCUT2D eigenvalue weighted by molar-refractivity contribution is 5.87. The molecule has 1 saturated heterocycles. The number of rotatable bonds is 5. The van der Waals surface area contributed by atoms with Gasteiger partial charge >= 0.3 is 5.97 Å². The van der Waals surface area contributed by atoms with E-state index in [4.69, 9.17) is 9.84 Å². The Morgan fingerprint density at radius 2 is 2.41 bits per heavy atom. The van der Waals surface area contributed by atoms with E-state index in [-0.39, 0.29) is 12.1 Å². The summed E-state index contributed by atoms with van der Waals surface area (Å²) in [6, 6.07) is 7.11. The third kappa shape index (κ3) is 3.00. The van der Waals surface area contributed by atoms with Crippen LogP contribution in [-0.4, -0.2) is 50.9 Å². The zero-order valence-corrected chi connectivity index (χ0v) is 12.3. The summed E-state index contributed by atoms with van der Waals surface area (Å²) in [4.78, 5) is 17.6. The largest absolute Gasteiger partial charge is 0.478 e. The number of nitrogens with one attached hydrogen (secondary N) is 1. The second-order valence-corrected chi connectivity index (χ2v) is 5.41. The number of nitrogens with zero attached hydrogens (tertiary/aromatic N) is 3. The predicted molar refractivity (Wildman–Crippen MR) is 78.3 cm³/mol. The summed E-state index contributed by atoms with van der Waals surface area (Å²) in [7, 11) is 1.71. The van der Waals surface area contributed by atoms with Gasteiger partial charge in [0.1, 0.15) is 12.2 Å². The van der Waals surface area contributed by atoms with Gasteiger partial charge in [0.05, 0.1) is 17.7 Å². The van der Waals surface area contributed by atoms with Crippen LogP contribution in [0, 0.1) is 0 Å². The monoisotopic (exact) mass is 302 g/mol. The Balaban J connectivity index is 1.80. The molecule has 7 nitrogen and oxygen atoms in total. The lowest BCUT2D eigenvalue weighted by atomic mass is 10.1. The third-order valence-corrected chi connectivity index (χ3v) is 4.01. The van der Waals surface area contributed by atoms with Crippen molar-refractivity contribution in [2.45, 2.75) is 25.1 Å². The molecule has 0 unspecified atom stereocenters. The van der Waals surface area contributed by atoms with Crippen molar-refractivity contribution in [2.75, 3.05) is 13.7 Å². The number of carboxylic acid groups (broad SMARTS) is 1. The molecule has 7 heteroatoms. The lowest BCUT2D eigenvalue weighted by Crippen LogP contribution is -2.25. The highest BCUT2D eigenvalue weighted by Gasteiger charge is 2.34. The Morgan fingerprint density at radius 1 is 1.55 bits per heavy atom. The van der Waals surface area contributed by atoms with Gasteiger partial charge in [0.2, 0.25) is 0 Å². The quantitative estimate of drug-likeness (QED) is 0.869. The number of ether oxygens (including phenoxy) is 1. The second kappa shape index (κ2) is 6.25. The maximum absolute atomic E-state index is 11.1. The van der Waals surface area contributed by atoms with Crippen molar-refractivity contribution in [3.8, 4) is 0 Å². The van der Waals surface area contributed by atoms with Crippen LogP contribution in [0.4, 0.5) is 0 Å². The summed E-state index contributed by atoms with van der Waals surface area (Å²) in [5, 5.41) is 15.9. The molecule has 0 aliphatic carbocycles. The van der Waals surface area contributed by atoms with Crippen molar-refractivity contribution < 1.29 is 14.6 Å². The van der Waals surface area contributed by atoms with Crippen LogP contribution in [0.2, 0.25) is 0 Å². The van der Waals surface area contributed by atoms with Gasteiger partial charge in [-0.05, 0) is 24.1 Å². The second-order valence-electron chi connectivity index (χ2n) is 5.41. The molecule has 2 atom stereocenters. The Hall–Kier alpha value is -2.25. The summed E-state index contributed by atoms with van der Waals surface area (Å²) >= 11 is 0. The number of hydrogen-bond donors (Lipinski definition) is 2. The molecule has 2 heterocycles. The Kier molecular flexibility index (Phi) is 4.17. The van der Waals surface area contributed by atoms with Crippen LogP contribution in [0.5, 0.6) is 0 Å². The molecule has 0 radical (unpaired) electrons. The van der Waals surface area contributed by atoms with E-state index in [1.165, 1.54) is 6.33 Å². The number of aromatic nitrogens is 3. The topological polar surface area (TPSA) is 91.3 Å². The predicted octanol–water partition coefficient (Wildman–Crippen LogP) is 1.46. The molecule has 0 spiro atoms. The maximum atomic E-state index is 11.1. The minimum Gasteiger partial charge on any atom is -0.478 e. The molecule has 0 amide bonds. The summed E-state index contributed by atoms with van der Waals surface area (Å²) < 4.78 is 5.47. The van der Waals surface area contributed by atoms with Gasteiger partial charge in [0, 0.05) is 20.2 Å². The standard InChI is InChI=1S/C15H18N4O3/c1-22-12-6-13(14-16-9-17-18-14)19(8-12)7-10-3-2-4-11(5-10)15(20)21/h2-5,9,12-13H,6-8H2,1H3,(H,20,21)(H,16,17,18)/t12-,13+/m1/s1. The van der Waals surface area contributed by atoms with E-state index >= 15 is 0 Å². The molecule has 1 fully saturated rings. The van der Waals surface area contributed by atoms with E-state index in [9.17, 15) is 4.79 Å². The average molecular weight is 302 g/mol. The fraction of sp³-hybridized carbons (Fsp3) is 0.400. The number of benzene rings is 1. The van der Waals surface area contributed by atoms with Gasteiger partial charge in [0.15, 0.2) is 0 Å². The Labute approximate surface area is 127 Å². The maximum Gasteiger partial charge on any atom is 0.335 e. The fourth-order valence-corrected chi connectivity index (χ4v) is 2.90. The van der Waals surface area contributed by atoms with Gasteiger partial charge in [0.25, 0.3) is 0 Å². The first-order valence-electron chi connectivity index (χ1n) is 7.11. The molecule has 1 aliphatic rings. The van der Waals surface area contributed by atoms with Crippen molar-refractivity contribution in [1.29, 1.82) is 0 Å². The van der Waals surface area contributed by atoms with Crippen LogP contribution in [-0.2, 0) is 11.3 Å². The first kappa shape index (κ1) is 14.7. The van der Waals surface area contributed by atoms with Crippen molar-refractivity contribution in [2.24, 2.45) is 0 Å². The SMILES string of the molecule is CO[C@@H]1C[C@@H](c2ncn[nH]2)N(Cc2cccc(C(=O)O)c2)C1. The molecule has 0 saturated carbocycles. The van der Waals surface area contributed by atoms with Gasteiger partial charge in [-0.2, -0.15) is 5.10 Å². The minimum absolute atomic E-state index is 0.0981. The first-order chi connectivity index (χ1) is 10.7.